The van der Waals surface area contributed by atoms with Crippen LogP contribution < -0.4 is 19.8 Å². The summed E-state index contributed by atoms with van der Waals surface area (Å²) in [6, 6.07) is 28.1. The van der Waals surface area contributed by atoms with Gasteiger partial charge < -0.3 is 14.8 Å². The van der Waals surface area contributed by atoms with Gasteiger partial charge in [-0.25, -0.2) is 0 Å². The molecule has 5 rings (SSSR count). The molecule has 1 aliphatic rings. The number of hydrogen-bond donors (Lipinski definition) is 1. The number of benzene rings is 4. The lowest BCUT2D eigenvalue weighted by Crippen LogP contribution is -2.38. The molecule has 4 aromatic carbocycles. The number of anilines is 2. The summed E-state index contributed by atoms with van der Waals surface area (Å²) in [6.45, 7) is 17.2. The molecule has 0 saturated carbocycles. The van der Waals surface area contributed by atoms with Crippen LogP contribution in [0.3, 0.4) is 0 Å². The largest absolute Gasteiger partial charge is 0.480 e. The predicted molar refractivity (Wildman–Crippen MR) is 204 cm³/mol. The summed E-state index contributed by atoms with van der Waals surface area (Å²) in [6.07, 6.45) is 0.500. The highest BCUT2D eigenvalue weighted by molar-refractivity contribution is 6.36. The van der Waals surface area contributed by atoms with Crippen LogP contribution in [0.5, 0.6) is 11.5 Å². The number of nitrogens with zero attached hydrogens (tertiary/aromatic N) is 2. The van der Waals surface area contributed by atoms with Crippen LogP contribution in [-0.4, -0.2) is 29.7 Å². The molecule has 1 heterocycles. The van der Waals surface area contributed by atoms with Gasteiger partial charge in [-0.1, -0.05) is 120 Å². The smallest absolute Gasteiger partial charge is 0.294 e. The lowest BCUT2D eigenvalue weighted by molar-refractivity contribution is -0.123. The highest BCUT2D eigenvalue weighted by Crippen LogP contribution is 2.39. The van der Waals surface area contributed by atoms with Crippen LogP contribution in [0, 0.1) is 6.92 Å². The Morgan fingerprint density at radius 3 is 2.22 bits per heavy atom. The molecule has 2 amide bonds. The standard InChI is InChI=1S/C42H48ClN3O4/c1-9-35(50-36-25-22-28(41(5,6)10-2)26-31(36)42(7,8)11-3)39(47)44-33-18-14-15-19-34(33)46-40(48)38(49-29-23-20-27(4)21-24-29)37(45-46)30-16-12-13-17-32(30)43/h12-26,35,38H,9-11H2,1-8H3,(H,44,47). The SMILES string of the molecule is CCC(Oc1ccc(C(C)(C)CC)cc1C(C)(C)CC)C(=O)Nc1ccccc1N1N=C(c2ccccc2Cl)C(Oc2ccc(C)cc2)C1=O. The fraction of sp³-hybridized carbons (Fsp3) is 0.357. The van der Waals surface area contributed by atoms with Crippen molar-refractivity contribution in [2.24, 2.45) is 5.10 Å². The van der Waals surface area contributed by atoms with Gasteiger partial charge in [0.2, 0.25) is 6.10 Å². The van der Waals surface area contributed by atoms with Crippen molar-refractivity contribution < 1.29 is 19.1 Å². The Hall–Kier alpha value is -4.62. The summed E-state index contributed by atoms with van der Waals surface area (Å²) < 4.78 is 12.8. The van der Waals surface area contributed by atoms with Gasteiger partial charge in [-0.3, -0.25) is 9.59 Å². The predicted octanol–water partition coefficient (Wildman–Crippen LogP) is 10.0. The number of carbonyl (C=O) groups excluding carboxylic acids is 2. The lowest BCUT2D eigenvalue weighted by atomic mass is 9.76. The molecular formula is C42H48ClN3O4. The van der Waals surface area contributed by atoms with Crippen molar-refractivity contribution in [3.63, 3.8) is 0 Å². The molecule has 50 heavy (non-hydrogen) atoms. The van der Waals surface area contributed by atoms with E-state index in [4.69, 9.17) is 26.2 Å². The Bertz CT molecular complexity index is 1880. The van der Waals surface area contributed by atoms with Gasteiger partial charge in [0.1, 0.15) is 17.2 Å². The van der Waals surface area contributed by atoms with Gasteiger partial charge in [-0.05, 0) is 79.0 Å². The molecule has 0 saturated heterocycles. The maximum absolute atomic E-state index is 14.1. The number of hydrazone groups is 1. The number of aryl methyl sites for hydroxylation is 1. The minimum absolute atomic E-state index is 0.00767. The molecule has 1 N–H and O–H groups in total. The lowest BCUT2D eigenvalue weighted by Gasteiger charge is -2.31. The number of halogens is 1. The van der Waals surface area contributed by atoms with Crippen LogP contribution in [0.2, 0.25) is 5.02 Å². The van der Waals surface area contributed by atoms with Crippen LogP contribution in [0.15, 0.2) is 96.1 Å². The maximum Gasteiger partial charge on any atom is 0.294 e. The van der Waals surface area contributed by atoms with E-state index in [2.05, 4.69) is 59.0 Å². The van der Waals surface area contributed by atoms with Crippen LogP contribution in [0.4, 0.5) is 11.4 Å². The molecule has 8 heteroatoms. The first-order valence-corrected chi connectivity index (χ1v) is 17.8. The van der Waals surface area contributed by atoms with Crippen molar-refractivity contribution in [3.8, 4) is 11.5 Å². The molecule has 0 bridgehead atoms. The van der Waals surface area contributed by atoms with Gasteiger partial charge in [0, 0.05) is 16.1 Å². The van der Waals surface area contributed by atoms with Crippen molar-refractivity contribution in [2.75, 3.05) is 10.3 Å². The molecule has 2 atom stereocenters. The van der Waals surface area contributed by atoms with Crippen molar-refractivity contribution in [1.29, 1.82) is 0 Å². The molecule has 0 spiro atoms. The molecule has 0 radical (unpaired) electrons. The van der Waals surface area contributed by atoms with E-state index in [1.807, 2.05) is 62.4 Å². The first-order valence-electron chi connectivity index (χ1n) is 17.4. The number of amides is 2. The average Bonchev–Trinajstić information content (AvgIpc) is 3.42. The zero-order valence-electron chi connectivity index (χ0n) is 30.3. The Morgan fingerprint density at radius 1 is 0.900 bits per heavy atom. The third-order valence-corrected chi connectivity index (χ3v) is 10.2. The quantitative estimate of drug-likeness (QED) is 0.151. The van der Waals surface area contributed by atoms with E-state index in [1.165, 1.54) is 10.6 Å². The Labute approximate surface area is 301 Å². The van der Waals surface area contributed by atoms with E-state index >= 15 is 0 Å². The molecule has 0 aromatic heterocycles. The second-order valence-electron chi connectivity index (χ2n) is 14.1. The summed E-state index contributed by atoms with van der Waals surface area (Å²) in [4.78, 5) is 28.1. The molecule has 2 unspecified atom stereocenters. The first kappa shape index (κ1) is 36.7. The Morgan fingerprint density at radius 2 is 1.56 bits per heavy atom. The fourth-order valence-corrected chi connectivity index (χ4v) is 6.00. The number of rotatable bonds is 13. The Balaban J connectivity index is 1.45. The summed E-state index contributed by atoms with van der Waals surface area (Å²) >= 11 is 6.60. The summed E-state index contributed by atoms with van der Waals surface area (Å²) in [7, 11) is 0. The maximum atomic E-state index is 14.1. The summed E-state index contributed by atoms with van der Waals surface area (Å²) in [5, 5.41) is 9.52. The van der Waals surface area contributed by atoms with Gasteiger partial charge in [0.25, 0.3) is 11.8 Å². The number of para-hydroxylation sites is 2. The second-order valence-corrected chi connectivity index (χ2v) is 14.5. The number of carbonyl (C=O) groups is 2. The van der Waals surface area contributed by atoms with Crippen molar-refractivity contribution in [3.05, 3.63) is 118 Å². The third kappa shape index (κ3) is 7.73. The number of ether oxygens (including phenoxy) is 2. The van der Waals surface area contributed by atoms with Gasteiger partial charge in [-0.2, -0.15) is 10.1 Å². The van der Waals surface area contributed by atoms with Crippen LogP contribution in [0.25, 0.3) is 0 Å². The fourth-order valence-electron chi connectivity index (χ4n) is 5.76. The highest BCUT2D eigenvalue weighted by atomic mass is 35.5. The summed E-state index contributed by atoms with van der Waals surface area (Å²) in [5.74, 6) is 0.485. The van der Waals surface area contributed by atoms with Gasteiger partial charge >= 0.3 is 0 Å². The van der Waals surface area contributed by atoms with Crippen molar-refractivity contribution >= 4 is 40.5 Å². The van der Waals surface area contributed by atoms with E-state index in [-0.39, 0.29) is 16.7 Å². The molecule has 1 aliphatic heterocycles. The normalized spacial score (nSPS) is 15.5. The van der Waals surface area contributed by atoms with E-state index in [0.29, 0.717) is 45.6 Å². The third-order valence-electron chi connectivity index (χ3n) is 9.89. The van der Waals surface area contributed by atoms with Gasteiger partial charge in [0.05, 0.1) is 11.4 Å². The van der Waals surface area contributed by atoms with Crippen LogP contribution >= 0.6 is 11.6 Å². The zero-order chi connectivity index (χ0) is 36.2. The molecule has 0 aliphatic carbocycles. The highest BCUT2D eigenvalue weighted by Gasteiger charge is 2.41. The first-order chi connectivity index (χ1) is 23.8. The topological polar surface area (TPSA) is 80.2 Å². The van der Waals surface area contributed by atoms with E-state index in [9.17, 15) is 9.59 Å². The second kappa shape index (κ2) is 15.1. The molecule has 262 valence electrons. The molecule has 7 nitrogen and oxygen atoms in total. The van der Waals surface area contributed by atoms with Gasteiger partial charge in [-0.15, -0.1) is 0 Å². The van der Waals surface area contributed by atoms with E-state index in [1.54, 1.807) is 30.3 Å². The van der Waals surface area contributed by atoms with Gasteiger partial charge in [0.15, 0.2) is 6.10 Å². The monoisotopic (exact) mass is 693 g/mol. The number of hydrogen-bond acceptors (Lipinski definition) is 5. The van der Waals surface area contributed by atoms with E-state index < -0.39 is 18.1 Å². The minimum Gasteiger partial charge on any atom is -0.480 e. The molecular weight excluding hydrogens is 646 g/mol. The molecule has 4 aromatic rings. The van der Waals surface area contributed by atoms with Crippen molar-refractivity contribution in [2.45, 2.75) is 97.7 Å². The zero-order valence-corrected chi connectivity index (χ0v) is 31.1. The van der Waals surface area contributed by atoms with Crippen LogP contribution in [0.1, 0.15) is 90.0 Å². The summed E-state index contributed by atoms with van der Waals surface area (Å²) in [5.41, 5.74) is 5.01. The minimum atomic E-state index is -1.06. The van der Waals surface area contributed by atoms with E-state index in [0.717, 1.165) is 24.0 Å². The Kier molecular flexibility index (Phi) is 11.1. The average molecular weight is 694 g/mol. The van der Waals surface area contributed by atoms with Crippen molar-refractivity contribution in [1.82, 2.24) is 0 Å². The van der Waals surface area contributed by atoms with Crippen LogP contribution in [-0.2, 0) is 20.4 Å². The molecule has 0 fully saturated rings. The number of nitrogens with one attached hydrogen (secondary N) is 1.